The largest absolute Gasteiger partial charge is 0.478 e. The molecule has 1 aromatic rings. The van der Waals surface area contributed by atoms with Crippen molar-refractivity contribution in [2.45, 2.75) is 52.4 Å². The maximum atomic E-state index is 11.9. The van der Waals surface area contributed by atoms with E-state index in [1.54, 1.807) is 41.5 Å². The minimum absolute atomic E-state index is 0.132. The number of carboxylic acid groups (broad SMARTS) is 3. The molecule has 1 rings (SSSR count). The van der Waals surface area contributed by atoms with Gasteiger partial charge in [-0.2, -0.15) is 0 Å². The summed E-state index contributed by atoms with van der Waals surface area (Å²) < 4.78 is 0. The van der Waals surface area contributed by atoms with E-state index in [0.29, 0.717) is 0 Å². The van der Waals surface area contributed by atoms with Crippen molar-refractivity contribution < 1.29 is 29.7 Å². The van der Waals surface area contributed by atoms with E-state index in [2.05, 4.69) is 0 Å². The molecule has 0 amide bonds. The molecule has 6 heteroatoms. The fourth-order valence-corrected chi connectivity index (χ4v) is 2.79. The summed E-state index contributed by atoms with van der Waals surface area (Å²) in [6.07, 6.45) is 0. The van der Waals surface area contributed by atoms with Gasteiger partial charge in [0.15, 0.2) is 0 Å². The van der Waals surface area contributed by atoms with Gasteiger partial charge in [0.25, 0.3) is 0 Å². The lowest BCUT2D eigenvalue weighted by molar-refractivity contribution is 0.0689. The summed E-state index contributed by atoms with van der Waals surface area (Å²) in [5, 5.41) is 28.6. The Morgan fingerprint density at radius 2 is 1.00 bits per heavy atom. The zero-order chi connectivity index (χ0) is 18.3. The molecule has 0 bridgehead atoms. The molecule has 23 heavy (non-hydrogen) atoms. The van der Waals surface area contributed by atoms with Gasteiger partial charge in [0.05, 0.1) is 16.7 Å². The second-order valence-corrected chi connectivity index (χ2v) is 7.51. The third-order valence-corrected chi connectivity index (χ3v) is 3.50. The standard InChI is InChI=1S/C17H22O6/c1-16(2,3)11-8(13(18)19)7-9(14(20)21)12(17(4,5)6)10(11)15(22)23/h7H,1-6H3,(H,18,19)(H,20,21)(H,22,23). The van der Waals surface area contributed by atoms with E-state index >= 15 is 0 Å². The first-order valence-electron chi connectivity index (χ1n) is 7.11. The second kappa shape index (κ2) is 5.68. The number of aromatic carboxylic acids is 3. The number of rotatable bonds is 3. The molecule has 0 radical (unpaired) electrons. The van der Waals surface area contributed by atoms with Crippen LogP contribution in [-0.2, 0) is 10.8 Å². The van der Waals surface area contributed by atoms with Gasteiger partial charge >= 0.3 is 17.9 Å². The van der Waals surface area contributed by atoms with Crippen LogP contribution in [0.3, 0.4) is 0 Å². The zero-order valence-corrected chi connectivity index (χ0v) is 14.1. The number of hydrogen-bond acceptors (Lipinski definition) is 3. The monoisotopic (exact) mass is 322 g/mol. The Balaban J connectivity index is 4.24. The SMILES string of the molecule is CC(C)(C)c1c(C(=O)O)cc(C(=O)O)c(C(C)(C)C)c1C(=O)O. The van der Waals surface area contributed by atoms with E-state index in [1.165, 1.54) is 0 Å². The van der Waals surface area contributed by atoms with Crippen molar-refractivity contribution in [3.8, 4) is 0 Å². The molecule has 0 aromatic heterocycles. The Labute approximate surface area is 134 Å². The first-order chi connectivity index (χ1) is 10.2. The van der Waals surface area contributed by atoms with Crippen molar-refractivity contribution in [1.82, 2.24) is 0 Å². The molecule has 0 spiro atoms. The first kappa shape index (κ1) is 18.7. The number of carboxylic acids is 3. The highest BCUT2D eigenvalue weighted by Gasteiger charge is 2.37. The highest BCUT2D eigenvalue weighted by molar-refractivity contribution is 6.04. The molecule has 0 fully saturated rings. The fraction of sp³-hybridized carbons (Fsp3) is 0.471. The van der Waals surface area contributed by atoms with Crippen LogP contribution in [0.15, 0.2) is 6.07 Å². The second-order valence-electron chi connectivity index (χ2n) is 7.51. The molecule has 6 nitrogen and oxygen atoms in total. The van der Waals surface area contributed by atoms with Crippen molar-refractivity contribution >= 4 is 17.9 Å². The molecule has 0 saturated carbocycles. The number of carbonyl (C=O) groups is 3. The highest BCUT2D eigenvalue weighted by atomic mass is 16.4. The van der Waals surface area contributed by atoms with E-state index in [4.69, 9.17) is 0 Å². The van der Waals surface area contributed by atoms with Crippen LogP contribution in [0.2, 0.25) is 0 Å². The maximum absolute atomic E-state index is 11.9. The van der Waals surface area contributed by atoms with Crippen molar-refractivity contribution in [2.24, 2.45) is 0 Å². The van der Waals surface area contributed by atoms with E-state index < -0.39 is 28.7 Å². The van der Waals surface area contributed by atoms with E-state index in [0.717, 1.165) is 6.07 Å². The smallest absolute Gasteiger partial charge is 0.336 e. The van der Waals surface area contributed by atoms with Crippen molar-refractivity contribution in [1.29, 1.82) is 0 Å². The minimum atomic E-state index is -1.35. The van der Waals surface area contributed by atoms with Crippen LogP contribution >= 0.6 is 0 Å². The summed E-state index contributed by atoms with van der Waals surface area (Å²) in [5.41, 5.74) is -2.11. The van der Waals surface area contributed by atoms with Crippen molar-refractivity contribution in [3.63, 3.8) is 0 Å². The molecule has 0 unspecified atom stereocenters. The third-order valence-electron chi connectivity index (χ3n) is 3.50. The molecular weight excluding hydrogens is 300 g/mol. The lowest BCUT2D eigenvalue weighted by Gasteiger charge is -2.31. The Morgan fingerprint density at radius 3 is 1.17 bits per heavy atom. The molecule has 0 aliphatic carbocycles. The van der Waals surface area contributed by atoms with Crippen LogP contribution in [0.1, 0.15) is 83.7 Å². The minimum Gasteiger partial charge on any atom is -0.478 e. The van der Waals surface area contributed by atoms with Crippen LogP contribution in [0.25, 0.3) is 0 Å². The van der Waals surface area contributed by atoms with Gasteiger partial charge in [-0.25, -0.2) is 14.4 Å². The summed E-state index contributed by atoms with van der Waals surface area (Å²) in [5.74, 6) is -4.02. The van der Waals surface area contributed by atoms with Gasteiger partial charge in [0, 0.05) is 0 Å². The third kappa shape index (κ3) is 3.52. The molecular formula is C17H22O6. The average Bonchev–Trinajstić information content (AvgIpc) is 2.33. The molecule has 126 valence electrons. The maximum Gasteiger partial charge on any atom is 0.336 e. The highest BCUT2D eigenvalue weighted by Crippen LogP contribution is 2.38. The molecule has 0 heterocycles. The van der Waals surface area contributed by atoms with Gasteiger partial charge in [-0.05, 0) is 28.0 Å². The Kier molecular flexibility index (Phi) is 4.61. The lowest BCUT2D eigenvalue weighted by atomic mass is 9.72. The lowest BCUT2D eigenvalue weighted by Crippen LogP contribution is -2.29. The number of benzene rings is 1. The van der Waals surface area contributed by atoms with Crippen molar-refractivity contribution in [2.75, 3.05) is 0 Å². The van der Waals surface area contributed by atoms with Crippen LogP contribution in [0.5, 0.6) is 0 Å². The first-order valence-corrected chi connectivity index (χ1v) is 7.11. The zero-order valence-electron chi connectivity index (χ0n) is 14.1. The van der Waals surface area contributed by atoms with Crippen LogP contribution in [0, 0.1) is 0 Å². The summed E-state index contributed by atoms with van der Waals surface area (Å²) in [6, 6.07) is 1.07. The van der Waals surface area contributed by atoms with Gasteiger partial charge in [-0.3, -0.25) is 0 Å². The fourth-order valence-electron chi connectivity index (χ4n) is 2.79. The van der Waals surface area contributed by atoms with Gasteiger partial charge in [0.1, 0.15) is 0 Å². The molecule has 0 saturated heterocycles. The van der Waals surface area contributed by atoms with Gasteiger partial charge < -0.3 is 15.3 Å². The summed E-state index contributed by atoms with van der Waals surface area (Å²) in [6.45, 7) is 10.2. The van der Waals surface area contributed by atoms with Crippen LogP contribution < -0.4 is 0 Å². The van der Waals surface area contributed by atoms with Crippen LogP contribution in [0.4, 0.5) is 0 Å². The van der Waals surface area contributed by atoms with E-state index in [-0.39, 0.29) is 27.8 Å². The molecule has 0 aliphatic rings. The molecule has 3 N–H and O–H groups in total. The van der Waals surface area contributed by atoms with Crippen molar-refractivity contribution in [3.05, 3.63) is 33.9 Å². The van der Waals surface area contributed by atoms with Gasteiger partial charge in [-0.15, -0.1) is 0 Å². The predicted octanol–water partition coefficient (Wildman–Crippen LogP) is 3.38. The Bertz CT molecular complexity index is 636. The summed E-state index contributed by atoms with van der Waals surface area (Å²) in [7, 11) is 0. The normalized spacial score (nSPS) is 12.1. The van der Waals surface area contributed by atoms with Gasteiger partial charge in [-0.1, -0.05) is 41.5 Å². The predicted molar refractivity (Wildman–Crippen MR) is 84.7 cm³/mol. The molecule has 0 aliphatic heterocycles. The van der Waals surface area contributed by atoms with E-state index in [9.17, 15) is 29.7 Å². The van der Waals surface area contributed by atoms with E-state index in [1.807, 2.05) is 0 Å². The molecule has 0 atom stereocenters. The Morgan fingerprint density at radius 1 is 0.696 bits per heavy atom. The Hall–Kier alpha value is -2.37. The molecule has 1 aromatic carbocycles. The summed E-state index contributed by atoms with van der Waals surface area (Å²) in [4.78, 5) is 35.1. The van der Waals surface area contributed by atoms with Crippen LogP contribution in [-0.4, -0.2) is 33.2 Å². The summed E-state index contributed by atoms with van der Waals surface area (Å²) >= 11 is 0. The quantitative estimate of drug-likeness (QED) is 0.786. The number of hydrogen-bond donors (Lipinski definition) is 3. The topological polar surface area (TPSA) is 112 Å². The average molecular weight is 322 g/mol. The van der Waals surface area contributed by atoms with Gasteiger partial charge in [0.2, 0.25) is 0 Å².